The zero-order valence-corrected chi connectivity index (χ0v) is 13.5. The van der Waals surface area contributed by atoms with Gasteiger partial charge in [-0.05, 0) is 30.4 Å². The topological polar surface area (TPSA) is 58.6 Å². The van der Waals surface area contributed by atoms with E-state index in [1.54, 1.807) is 25.2 Å². The van der Waals surface area contributed by atoms with Crippen LogP contribution in [-0.2, 0) is 15.8 Å². The monoisotopic (exact) mass is 338 g/mol. The van der Waals surface area contributed by atoms with Crippen LogP contribution in [0.4, 0.5) is 5.69 Å². The summed E-state index contributed by atoms with van der Waals surface area (Å²) in [7, 11) is 0.112. The molecule has 0 bridgehead atoms. The van der Waals surface area contributed by atoms with Gasteiger partial charge in [0.2, 0.25) is 0 Å². The van der Waals surface area contributed by atoms with Crippen molar-refractivity contribution in [1.82, 2.24) is 4.72 Å². The minimum Gasteiger partial charge on any atom is -0.482 e. The number of hydrogen-bond acceptors (Lipinski definition) is 3. The van der Waals surface area contributed by atoms with E-state index in [4.69, 9.17) is 16.3 Å². The van der Waals surface area contributed by atoms with Crippen LogP contribution >= 0.6 is 11.6 Å². The van der Waals surface area contributed by atoms with E-state index in [0.717, 1.165) is 0 Å². The van der Waals surface area contributed by atoms with Crippen molar-refractivity contribution >= 4 is 34.2 Å². The van der Waals surface area contributed by atoms with Gasteiger partial charge in [-0.1, -0.05) is 24.8 Å². The Balaban J connectivity index is 2.26. The minimum atomic E-state index is -1.54. The van der Waals surface area contributed by atoms with Crippen LogP contribution in [0.3, 0.4) is 0 Å². The Labute approximate surface area is 136 Å². The van der Waals surface area contributed by atoms with E-state index >= 15 is 0 Å². The number of fused-ring (bicyclic) bond motifs is 1. The van der Waals surface area contributed by atoms with Crippen LogP contribution in [0.2, 0.25) is 0 Å². The van der Waals surface area contributed by atoms with Crippen LogP contribution in [-0.4, -0.2) is 23.8 Å². The highest BCUT2D eigenvalue weighted by molar-refractivity contribution is 7.83. The Morgan fingerprint density at radius 2 is 2.27 bits per heavy atom. The lowest BCUT2D eigenvalue weighted by Gasteiger charge is -2.26. The largest absolute Gasteiger partial charge is 0.482 e. The number of nitrogens with one attached hydrogen (secondary N) is 1. The normalized spacial score (nSPS) is 15.6. The lowest BCUT2D eigenvalue weighted by molar-refractivity contribution is -0.120. The number of benzene rings is 1. The van der Waals surface area contributed by atoms with Crippen molar-refractivity contribution < 1.29 is 13.7 Å². The summed E-state index contributed by atoms with van der Waals surface area (Å²) < 4.78 is 20.5. The zero-order chi connectivity index (χ0) is 16.3. The molecule has 0 saturated carbocycles. The highest BCUT2D eigenvalue weighted by Crippen LogP contribution is 2.32. The van der Waals surface area contributed by atoms with E-state index in [1.807, 2.05) is 0 Å². The summed E-state index contributed by atoms with van der Waals surface area (Å²) >= 11 is 5.69. The summed E-state index contributed by atoms with van der Waals surface area (Å²) in [5.41, 5.74) is 1.06. The van der Waals surface area contributed by atoms with Gasteiger partial charge in [-0.3, -0.25) is 4.79 Å². The number of rotatable bonds is 5. The first-order valence-corrected chi connectivity index (χ1v) is 7.85. The summed E-state index contributed by atoms with van der Waals surface area (Å²) in [6, 6.07) is 5.00. The molecule has 22 heavy (non-hydrogen) atoms. The lowest BCUT2D eigenvalue weighted by Crippen LogP contribution is -2.35. The van der Waals surface area contributed by atoms with Gasteiger partial charge < -0.3 is 14.4 Å². The van der Waals surface area contributed by atoms with Gasteiger partial charge in [-0.2, -0.15) is 0 Å². The van der Waals surface area contributed by atoms with Crippen LogP contribution in [0, 0.1) is 0 Å². The standard InChI is InChI=1S/C15H15ClN2O3S/c1-4-11(7-10(2)16)17-22(20)12-5-6-14-13(8-12)18(3)15(19)9-21-14/h4-8,17H,1-2,9H2,3H3/b11-7+. The van der Waals surface area contributed by atoms with E-state index in [2.05, 4.69) is 17.9 Å². The van der Waals surface area contributed by atoms with Crippen LogP contribution in [0.5, 0.6) is 5.75 Å². The number of likely N-dealkylation sites (N-methyl/N-ethyl adjacent to an activating group) is 1. The Hall–Kier alpha value is -2.05. The molecule has 0 aromatic heterocycles. The number of amides is 1. The molecule has 1 aromatic carbocycles. The molecule has 5 nitrogen and oxygen atoms in total. The van der Waals surface area contributed by atoms with Crippen molar-refractivity contribution in [2.75, 3.05) is 18.6 Å². The van der Waals surface area contributed by atoms with Crippen molar-refractivity contribution in [3.8, 4) is 5.75 Å². The average Bonchev–Trinajstić information content (AvgIpc) is 2.49. The summed E-state index contributed by atoms with van der Waals surface area (Å²) in [5, 5.41) is 0.295. The highest BCUT2D eigenvalue weighted by atomic mass is 35.5. The first-order chi connectivity index (χ1) is 10.4. The molecule has 0 aliphatic carbocycles. The fourth-order valence-corrected chi connectivity index (χ4v) is 2.83. The molecular formula is C15H15ClN2O3S. The molecule has 1 amide bonds. The first kappa shape index (κ1) is 16.3. The second kappa shape index (κ2) is 6.81. The van der Waals surface area contributed by atoms with Crippen LogP contribution in [0.25, 0.3) is 0 Å². The number of hydrogen-bond donors (Lipinski definition) is 1. The summed E-state index contributed by atoms with van der Waals surface area (Å²) in [5.74, 6) is 0.421. The number of halogens is 1. The molecule has 1 aliphatic heterocycles. The number of allylic oxidation sites excluding steroid dienone is 3. The Morgan fingerprint density at radius 3 is 2.91 bits per heavy atom. The molecule has 1 atom stereocenters. The SMILES string of the molecule is C=C/C(=C\C(=C)Cl)NS(=O)c1ccc2c(c1)N(C)C(=O)CO2. The van der Waals surface area contributed by atoms with Gasteiger partial charge in [0.1, 0.15) is 16.7 Å². The predicted octanol–water partition coefficient (Wildman–Crippen LogP) is 2.48. The maximum absolute atomic E-state index is 12.4. The molecule has 0 saturated heterocycles. The third-order valence-electron chi connectivity index (χ3n) is 2.97. The van der Waals surface area contributed by atoms with Crippen molar-refractivity contribution in [3.63, 3.8) is 0 Å². The molecule has 1 aromatic rings. The smallest absolute Gasteiger partial charge is 0.264 e. The van der Waals surface area contributed by atoms with E-state index in [0.29, 0.717) is 27.1 Å². The van der Waals surface area contributed by atoms with Gasteiger partial charge in [0, 0.05) is 17.8 Å². The van der Waals surface area contributed by atoms with Crippen LogP contribution < -0.4 is 14.4 Å². The van der Waals surface area contributed by atoms with Crippen molar-refractivity contribution in [1.29, 1.82) is 0 Å². The van der Waals surface area contributed by atoms with Gasteiger partial charge >= 0.3 is 0 Å². The van der Waals surface area contributed by atoms with E-state index in [-0.39, 0.29) is 12.5 Å². The second-order valence-corrected chi connectivity index (χ2v) is 6.19. The molecule has 1 heterocycles. The Bertz CT molecular complexity index is 700. The number of nitrogens with zero attached hydrogens (tertiary/aromatic N) is 1. The summed E-state index contributed by atoms with van der Waals surface area (Å²) in [6.45, 7) is 7.16. The van der Waals surface area contributed by atoms with Crippen molar-refractivity contribution in [3.05, 3.63) is 54.2 Å². The van der Waals surface area contributed by atoms with Gasteiger partial charge in [0.25, 0.3) is 5.91 Å². The highest BCUT2D eigenvalue weighted by Gasteiger charge is 2.23. The Morgan fingerprint density at radius 1 is 1.55 bits per heavy atom. The molecule has 2 rings (SSSR count). The predicted molar refractivity (Wildman–Crippen MR) is 88.2 cm³/mol. The molecule has 1 unspecified atom stereocenters. The van der Waals surface area contributed by atoms with Gasteiger partial charge in [-0.15, -0.1) is 0 Å². The molecule has 0 radical (unpaired) electrons. The van der Waals surface area contributed by atoms with Gasteiger partial charge in [0.05, 0.1) is 10.6 Å². The summed E-state index contributed by atoms with van der Waals surface area (Å²) in [6.07, 6.45) is 3.01. The fourth-order valence-electron chi connectivity index (χ4n) is 1.83. The molecule has 0 fully saturated rings. The Kier molecular flexibility index (Phi) is 5.05. The fraction of sp³-hybridized carbons (Fsp3) is 0.133. The summed E-state index contributed by atoms with van der Waals surface area (Å²) in [4.78, 5) is 13.6. The molecule has 0 spiro atoms. The third-order valence-corrected chi connectivity index (χ3v) is 4.19. The number of anilines is 1. The molecule has 1 aliphatic rings. The maximum Gasteiger partial charge on any atom is 0.264 e. The van der Waals surface area contributed by atoms with Crippen LogP contribution in [0.15, 0.2) is 59.1 Å². The first-order valence-electron chi connectivity index (χ1n) is 6.32. The van der Waals surface area contributed by atoms with E-state index < -0.39 is 11.0 Å². The maximum atomic E-state index is 12.4. The van der Waals surface area contributed by atoms with Crippen molar-refractivity contribution in [2.24, 2.45) is 0 Å². The number of carbonyl (C=O) groups excluding carboxylic acids is 1. The lowest BCUT2D eigenvalue weighted by atomic mass is 10.2. The minimum absolute atomic E-state index is 0.00533. The molecule has 7 heteroatoms. The average molecular weight is 339 g/mol. The molecule has 1 N–H and O–H groups in total. The second-order valence-electron chi connectivity index (χ2n) is 4.49. The van der Waals surface area contributed by atoms with Gasteiger partial charge in [-0.25, -0.2) is 4.21 Å². The van der Waals surface area contributed by atoms with E-state index in [1.165, 1.54) is 17.1 Å². The number of ether oxygens (including phenoxy) is 1. The quantitative estimate of drug-likeness (QED) is 0.839. The molecule has 116 valence electrons. The van der Waals surface area contributed by atoms with Crippen LogP contribution in [0.1, 0.15) is 0 Å². The third kappa shape index (κ3) is 3.58. The molecular weight excluding hydrogens is 324 g/mol. The zero-order valence-electron chi connectivity index (χ0n) is 12.0. The van der Waals surface area contributed by atoms with Crippen molar-refractivity contribution in [2.45, 2.75) is 4.90 Å². The van der Waals surface area contributed by atoms with Gasteiger partial charge in [0.15, 0.2) is 6.61 Å². The van der Waals surface area contributed by atoms with E-state index in [9.17, 15) is 9.00 Å². The number of carbonyl (C=O) groups is 1.